The number of hydrogen-bond donors (Lipinski definition) is 2. The first-order valence-corrected chi connectivity index (χ1v) is 6.67. The SMILES string of the molecule is C=Cc1cc(C(C)N)cc(F)c1CS(N)(=O)=O. The first kappa shape index (κ1) is 13.8. The Labute approximate surface area is 100 Å². The van der Waals surface area contributed by atoms with Crippen LogP contribution in [0.2, 0.25) is 0 Å². The van der Waals surface area contributed by atoms with Gasteiger partial charge in [-0.25, -0.2) is 17.9 Å². The Bertz CT molecular complexity index is 539. The van der Waals surface area contributed by atoms with Crippen molar-refractivity contribution in [2.75, 3.05) is 0 Å². The summed E-state index contributed by atoms with van der Waals surface area (Å²) in [5.41, 5.74) is 6.63. The zero-order valence-electron chi connectivity index (χ0n) is 9.48. The van der Waals surface area contributed by atoms with Crippen molar-refractivity contribution in [2.45, 2.75) is 18.7 Å². The number of halogens is 1. The molecule has 0 amide bonds. The fourth-order valence-electron chi connectivity index (χ4n) is 1.48. The van der Waals surface area contributed by atoms with E-state index >= 15 is 0 Å². The third kappa shape index (κ3) is 3.62. The van der Waals surface area contributed by atoms with Crippen LogP contribution in [-0.4, -0.2) is 8.42 Å². The minimum absolute atomic E-state index is 0.0203. The Balaban J connectivity index is 3.36. The van der Waals surface area contributed by atoms with Crippen molar-refractivity contribution in [2.24, 2.45) is 10.9 Å². The molecule has 0 aliphatic carbocycles. The molecule has 94 valence electrons. The smallest absolute Gasteiger partial charge is 0.213 e. The molecule has 0 saturated heterocycles. The van der Waals surface area contributed by atoms with Gasteiger partial charge in [0.15, 0.2) is 0 Å². The van der Waals surface area contributed by atoms with Crippen LogP contribution in [0.25, 0.3) is 6.08 Å². The number of nitrogens with two attached hydrogens (primary N) is 2. The van der Waals surface area contributed by atoms with Crippen LogP contribution in [0.15, 0.2) is 18.7 Å². The second-order valence-corrected chi connectivity index (χ2v) is 5.48. The molecule has 1 aromatic rings. The summed E-state index contributed by atoms with van der Waals surface area (Å²) in [5.74, 6) is -1.19. The lowest BCUT2D eigenvalue weighted by Gasteiger charge is -2.12. The summed E-state index contributed by atoms with van der Waals surface area (Å²) >= 11 is 0. The van der Waals surface area contributed by atoms with Gasteiger partial charge in [-0.2, -0.15) is 0 Å². The number of rotatable bonds is 4. The topological polar surface area (TPSA) is 86.2 Å². The van der Waals surface area contributed by atoms with E-state index in [2.05, 4.69) is 6.58 Å². The van der Waals surface area contributed by atoms with Gasteiger partial charge >= 0.3 is 0 Å². The quantitative estimate of drug-likeness (QED) is 0.852. The van der Waals surface area contributed by atoms with E-state index in [4.69, 9.17) is 10.9 Å². The molecule has 0 fully saturated rings. The first-order chi connectivity index (χ1) is 7.74. The Morgan fingerprint density at radius 3 is 2.53 bits per heavy atom. The highest BCUT2D eigenvalue weighted by Crippen LogP contribution is 2.22. The highest BCUT2D eigenvalue weighted by Gasteiger charge is 2.15. The Morgan fingerprint density at radius 1 is 1.53 bits per heavy atom. The molecule has 0 aliphatic rings. The molecule has 1 unspecified atom stereocenters. The highest BCUT2D eigenvalue weighted by molar-refractivity contribution is 7.88. The lowest BCUT2D eigenvalue weighted by atomic mass is 10.0. The molecule has 1 rings (SSSR count). The van der Waals surface area contributed by atoms with Gasteiger partial charge in [0.2, 0.25) is 10.0 Å². The molecular weight excluding hydrogens is 243 g/mol. The van der Waals surface area contributed by atoms with Crippen LogP contribution in [0.4, 0.5) is 4.39 Å². The van der Waals surface area contributed by atoms with Crippen LogP contribution in [0.1, 0.15) is 29.7 Å². The van der Waals surface area contributed by atoms with E-state index in [0.29, 0.717) is 11.1 Å². The van der Waals surface area contributed by atoms with Gasteiger partial charge in [0.05, 0.1) is 5.75 Å². The summed E-state index contributed by atoms with van der Waals surface area (Å²) < 4.78 is 35.7. The molecule has 0 aromatic heterocycles. The summed E-state index contributed by atoms with van der Waals surface area (Å²) in [7, 11) is -3.78. The molecule has 0 aliphatic heterocycles. The van der Waals surface area contributed by atoms with E-state index < -0.39 is 21.6 Å². The summed E-state index contributed by atoms with van der Waals surface area (Å²) in [6.45, 7) is 5.23. The van der Waals surface area contributed by atoms with Gasteiger partial charge in [0, 0.05) is 11.6 Å². The molecule has 4 N–H and O–H groups in total. The van der Waals surface area contributed by atoms with Gasteiger partial charge in [0.25, 0.3) is 0 Å². The molecule has 1 aromatic carbocycles. The summed E-state index contributed by atoms with van der Waals surface area (Å²) in [4.78, 5) is 0. The van der Waals surface area contributed by atoms with Crippen molar-refractivity contribution >= 4 is 16.1 Å². The minimum Gasteiger partial charge on any atom is -0.324 e. The normalized spacial score (nSPS) is 13.4. The molecule has 0 bridgehead atoms. The van der Waals surface area contributed by atoms with E-state index in [9.17, 15) is 12.8 Å². The van der Waals surface area contributed by atoms with Crippen LogP contribution in [0.3, 0.4) is 0 Å². The van der Waals surface area contributed by atoms with E-state index in [-0.39, 0.29) is 11.6 Å². The summed E-state index contributed by atoms with van der Waals surface area (Å²) in [6.07, 6.45) is 1.38. The van der Waals surface area contributed by atoms with Gasteiger partial charge in [-0.05, 0) is 30.2 Å². The minimum atomic E-state index is -3.78. The largest absolute Gasteiger partial charge is 0.324 e. The lowest BCUT2D eigenvalue weighted by molar-refractivity contribution is 0.587. The van der Waals surface area contributed by atoms with Crippen LogP contribution in [-0.2, 0) is 15.8 Å². The molecule has 0 radical (unpaired) electrons. The zero-order chi connectivity index (χ0) is 13.2. The molecule has 1 atom stereocenters. The average Bonchev–Trinajstić information content (AvgIpc) is 2.18. The Kier molecular flexibility index (Phi) is 4.03. The standard InChI is InChI=1S/C11H15FN2O2S/c1-3-8-4-9(7(2)13)5-11(12)10(8)6-17(14,15)16/h3-5,7H,1,6,13H2,2H3,(H2,14,15,16). The third-order valence-electron chi connectivity index (χ3n) is 2.34. The van der Waals surface area contributed by atoms with Gasteiger partial charge in [-0.3, -0.25) is 0 Å². The van der Waals surface area contributed by atoms with Crippen LogP contribution in [0.5, 0.6) is 0 Å². The molecule has 0 saturated carbocycles. The van der Waals surface area contributed by atoms with Crippen molar-refractivity contribution in [3.05, 3.63) is 41.2 Å². The van der Waals surface area contributed by atoms with E-state index in [1.54, 1.807) is 13.0 Å². The fourth-order valence-corrected chi connectivity index (χ4v) is 2.19. The molecular formula is C11H15FN2O2S. The van der Waals surface area contributed by atoms with Crippen molar-refractivity contribution in [1.29, 1.82) is 0 Å². The van der Waals surface area contributed by atoms with Crippen molar-refractivity contribution in [1.82, 2.24) is 0 Å². The van der Waals surface area contributed by atoms with E-state index in [1.807, 2.05) is 0 Å². The monoisotopic (exact) mass is 258 g/mol. The molecule has 17 heavy (non-hydrogen) atoms. The van der Waals surface area contributed by atoms with Crippen molar-refractivity contribution < 1.29 is 12.8 Å². The Morgan fingerprint density at radius 2 is 2.12 bits per heavy atom. The predicted octanol–water partition coefficient (Wildman–Crippen LogP) is 1.28. The van der Waals surface area contributed by atoms with Crippen molar-refractivity contribution in [3.8, 4) is 0 Å². The fraction of sp³-hybridized carbons (Fsp3) is 0.273. The zero-order valence-corrected chi connectivity index (χ0v) is 10.3. The number of sulfonamides is 1. The highest BCUT2D eigenvalue weighted by atomic mass is 32.2. The van der Waals surface area contributed by atoms with E-state index in [0.717, 1.165) is 0 Å². The van der Waals surface area contributed by atoms with Crippen LogP contribution in [0, 0.1) is 5.82 Å². The first-order valence-electron chi connectivity index (χ1n) is 4.95. The van der Waals surface area contributed by atoms with E-state index in [1.165, 1.54) is 12.1 Å². The maximum Gasteiger partial charge on any atom is 0.213 e. The molecule has 0 heterocycles. The maximum absolute atomic E-state index is 13.8. The summed E-state index contributed by atoms with van der Waals surface area (Å²) in [5, 5.41) is 4.90. The summed E-state index contributed by atoms with van der Waals surface area (Å²) in [6, 6.07) is 2.49. The Hall–Kier alpha value is -1.24. The maximum atomic E-state index is 13.8. The molecule has 6 heteroatoms. The van der Waals surface area contributed by atoms with Crippen LogP contribution < -0.4 is 10.9 Å². The number of primary sulfonamides is 1. The molecule has 4 nitrogen and oxygen atoms in total. The van der Waals surface area contributed by atoms with Crippen molar-refractivity contribution in [3.63, 3.8) is 0 Å². The number of hydrogen-bond acceptors (Lipinski definition) is 3. The van der Waals surface area contributed by atoms with Gasteiger partial charge < -0.3 is 5.73 Å². The van der Waals surface area contributed by atoms with Gasteiger partial charge in [-0.15, -0.1) is 0 Å². The predicted molar refractivity (Wildman–Crippen MR) is 65.9 cm³/mol. The van der Waals surface area contributed by atoms with Crippen LogP contribution >= 0.6 is 0 Å². The third-order valence-corrected chi connectivity index (χ3v) is 3.03. The van der Waals surface area contributed by atoms with Gasteiger partial charge in [-0.1, -0.05) is 12.7 Å². The lowest BCUT2D eigenvalue weighted by Crippen LogP contribution is -2.17. The number of benzene rings is 1. The average molecular weight is 258 g/mol. The second kappa shape index (κ2) is 4.95. The second-order valence-electron chi connectivity index (χ2n) is 3.87. The molecule has 0 spiro atoms. The van der Waals surface area contributed by atoms with Gasteiger partial charge in [0.1, 0.15) is 5.82 Å².